The number of rotatable bonds is 12. The molecule has 0 unspecified atom stereocenters. The van der Waals surface area contributed by atoms with Gasteiger partial charge in [0.2, 0.25) is 0 Å². The minimum absolute atomic E-state index is 0. The second-order valence-corrected chi connectivity index (χ2v) is 5.64. The SMILES string of the molecule is CC[N+](CC)(CC)CCOCC[N+](CC)(CC)CC.[I-].[I-]. The first-order valence-electron chi connectivity index (χ1n) is 8.35. The van der Waals surface area contributed by atoms with Gasteiger partial charge in [0.25, 0.3) is 0 Å². The van der Waals surface area contributed by atoms with Gasteiger partial charge in [0.05, 0.1) is 52.5 Å². The topological polar surface area (TPSA) is 9.23 Å². The van der Waals surface area contributed by atoms with Crippen LogP contribution in [0.25, 0.3) is 0 Å². The standard InChI is InChI=1S/C16H38N2O.2HI/c1-7-17(8-2,9-3)13-15-19-16-14-18(10-4,11-5)12-6;;/h7-16H2,1-6H3;2*1H/q+2;;/p-2. The molecule has 0 atom stereocenters. The van der Waals surface area contributed by atoms with Gasteiger partial charge in [-0.25, -0.2) is 0 Å². The van der Waals surface area contributed by atoms with Crippen LogP contribution in [0.1, 0.15) is 41.5 Å². The predicted octanol–water partition coefficient (Wildman–Crippen LogP) is -3.24. The highest BCUT2D eigenvalue weighted by atomic mass is 127. The molecule has 132 valence electrons. The Morgan fingerprint density at radius 2 is 0.762 bits per heavy atom. The van der Waals surface area contributed by atoms with E-state index in [4.69, 9.17) is 4.74 Å². The minimum atomic E-state index is 0. The van der Waals surface area contributed by atoms with Gasteiger partial charge < -0.3 is 61.7 Å². The molecule has 0 aromatic rings. The van der Waals surface area contributed by atoms with Crippen LogP contribution >= 0.6 is 0 Å². The largest absolute Gasteiger partial charge is 1.00 e. The molecule has 0 N–H and O–H groups in total. The molecule has 0 bridgehead atoms. The summed E-state index contributed by atoms with van der Waals surface area (Å²) in [5.74, 6) is 0. The van der Waals surface area contributed by atoms with Crippen LogP contribution in [0.3, 0.4) is 0 Å². The Hall–Kier alpha value is 1.34. The fourth-order valence-corrected chi connectivity index (χ4v) is 2.91. The Labute approximate surface area is 168 Å². The van der Waals surface area contributed by atoms with Gasteiger partial charge in [-0.2, -0.15) is 0 Å². The van der Waals surface area contributed by atoms with E-state index in [-0.39, 0.29) is 48.0 Å². The second-order valence-electron chi connectivity index (χ2n) is 5.64. The molecule has 0 radical (unpaired) electrons. The maximum Gasteiger partial charge on any atom is 0.102 e. The van der Waals surface area contributed by atoms with Crippen molar-refractivity contribution in [3.8, 4) is 0 Å². The lowest BCUT2D eigenvalue weighted by atomic mass is 10.3. The van der Waals surface area contributed by atoms with Crippen molar-refractivity contribution in [1.82, 2.24) is 0 Å². The van der Waals surface area contributed by atoms with E-state index in [1.54, 1.807) is 0 Å². The first-order chi connectivity index (χ1) is 9.07. The van der Waals surface area contributed by atoms with E-state index in [1.165, 1.54) is 48.2 Å². The van der Waals surface area contributed by atoms with Gasteiger partial charge in [-0.3, -0.25) is 0 Å². The Kier molecular flexibility index (Phi) is 19.3. The third-order valence-electron chi connectivity index (χ3n) is 5.44. The zero-order valence-electron chi connectivity index (χ0n) is 15.1. The zero-order chi connectivity index (χ0) is 14.8. The minimum Gasteiger partial charge on any atom is -1.00 e. The van der Waals surface area contributed by atoms with Crippen molar-refractivity contribution < 1.29 is 61.7 Å². The summed E-state index contributed by atoms with van der Waals surface area (Å²) in [7, 11) is 0. The zero-order valence-corrected chi connectivity index (χ0v) is 19.4. The third-order valence-corrected chi connectivity index (χ3v) is 5.44. The molecule has 0 saturated heterocycles. The fourth-order valence-electron chi connectivity index (χ4n) is 2.91. The van der Waals surface area contributed by atoms with Crippen molar-refractivity contribution in [3.63, 3.8) is 0 Å². The van der Waals surface area contributed by atoms with Crippen molar-refractivity contribution in [3.05, 3.63) is 0 Å². The van der Waals surface area contributed by atoms with Gasteiger partial charge in [0.15, 0.2) is 0 Å². The molecule has 0 heterocycles. The molecular weight excluding hydrogens is 490 g/mol. The molecule has 0 aliphatic carbocycles. The lowest BCUT2D eigenvalue weighted by Gasteiger charge is -2.37. The van der Waals surface area contributed by atoms with Crippen molar-refractivity contribution in [1.29, 1.82) is 0 Å². The smallest absolute Gasteiger partial charge is 0.102 e. The van der Waals surface area contributed by atoms with E-state index in [2.05, 4.69) is 41.5 Å². The van der Waals surface area contributed by atoms with Crippen LogP contribution in [0, 0.1) is 0 Å². The van der Waals surface area contributed by atoms with Crippen LogP contribution < -0.4 is 48.0 Å². The number of hydrogen-bond donors (Lipinski definition) is 0. The van der Waals surface area contributed by atoms with Gasteiger partial charge >= 0.3 is 0 Å². The molecule has 0 rings (SSSR count). The van der Waals surface area contributed by atoms with E-state index < -0.39 is 0 Å². The summed E-state index contributed by atoms with van der Waals surface area (Å²) in [4.78, 5) is 0. The van der Waals surface area contributed by atoms with Crippen molar-refractivity contribution in [2.45, 2.75) is 41.5 Å². The number of halogens is 2. The summed E-state index contributed by atoms with van der Waals surface area (Å²) in [6.45, 7) is 25.2. The Morgan fingerprint density at radius 3 is 0.952 bits per heavy atom. The maximum absolute atomic E-state index is 5.92. The quantitative estimate of drug-likeness (QED) is 0.147. The van der Waals surface area contributed by atoms with Crippen LogP contribution in [0.15, 0.2) is 0 Å². The summed E-state index contributed by atoms with van der Waals surface area (Å²) in [5, 5.41) is 0. The average molecular weight is 528 g/mol. The Balaban J connectivity index is -0.00000162. The fraction of sp³-hybridized carbons (Fsp3) is 1.00. The second kappa shape index (κ2) is 14.9. The monoisotopic (exact) mass is 528 g/mol. The number of nitrogens with zero attached hydrogens (tertiary/aromatic N) is 2. The molecule has 0 aliphatic rings. The highest BCUT2D eigenvalue weighted by molar-refractivity contribution is 4.41. The molecule has 0 amide bonds. The van der Waals surface area contributed by atoms with E-state index in [0.717, 1.165) is 26.3 Å². The molecule has 0 aromatic carbocycles. The Bertz CT molecular complexity index is 182. The summed E-state index contributed by atoms with van der Waals surface area (Å²) < 4.78 is 8.30. The number of hydrogen-bond acceptors (Lipinski definition) is 1. The first-order valence-corrected chi connectivity index (χ1v) is 8.35. The molecule has 0 aromatic heterocycles. The summed E-state index contributed by atoms with van der Waals surface area (Å²) in [6.07, 6.45) is 0. The Morgan fingerprint density at radius 1 is 0.524 bits per heavy atom. The van der Waals surface area contributed by atoms with Crippen LogP contribution in [0.2, 0.25) is 0 Å². The average Bonchev–Trinajstić information content (AvgIpc) is 2.48. The van der Waals surface area contributed by atoms with Gasteiger partial charge in [-0.15, -0.1) is 0 Å². The molecule has 21 heavy (non-hydrogen) atoms. The maximum atomic E-state index is 5.92. The van der Waals surface area contributed by atoms with Crippen LogP contribution in [-0.4, -0.2) is 74.5 Å². The molecular formula is C16H38I2N2O. The lowest BCUT2D eigenvalue weighted by molar-refractivity contribution is -0.926. The molecule has 0 aliphatic heterocycles. The first kappa shape index (κ1) is 27.2. The van der Waals surface area contributed by atoms with Gasteiger partial charge in [0.1, 0.15) is 13.1 Å². The third kappa shape index (κ3) is 9.27. The van der Waals surface area contributed by atoms with Gasteiger partial charge in [-0.1, -0.05) is 0 Å². The van der Waals surface area contributed by atoms with Gasteiger partial charge in [0, 0.05) is 0 Å². The molecule has 0 saturated carbocycles. The number of quaternary nitrogens is 2. The normalized spacial score (nSPS) is 11.7. The van der Waals surface area contributed by atoms with E-state index in [0.29, 0.717) is 0 Å². The summed E-state index contributed by atoms with van der Waals surface area (Å²) >= 11 is 0. The highest BCUT2D eigenvalue weighted by Crippen LogP contribution is 2.07. The number of likely N-dealkylation sites (N-methyl/N-ethyl adjacent to an activating group) is 2. The van der Waals surface area contributed by atoms with Crippen LogP contribution in [-0.2, 0) is 4.74 Å². The summed E-state index contributed by atoms with van der Waals surface area (Å²) in [6, 6.07) is 0. The molecule has 3 nitrogen and oxygen atoms in total. The van der Waals surface area contributed by atoms with E-state index >= 15 is 0 Å². The van der Waals surface area contributed by atoms with Crippen LogP contribution in [0.4, 0.5) is 0 Å². The van der Waals surface area contributed by atoms with Gasteiger partial charge in [-0.05, 0) is 41.5 Å². The number of ether oxygens (including phenoxy) is 1. The summed E-state index contributed by atoms with van der Waals surface area (Å²) in [5.41, 5.74) is 0. The van der Waals surface area contributed by atoms with Crippen molar-refractivity contribution >= 4 is 0 Å². The van der Waals surface area contributed by atoms with E-state index in [9.17, 15) is 0 Å². The lowest BCUT2D eigenvalue weighted by Crippen LogP contribution is -3.00. The predicted molar refractivity (Wildman–Crippen MR) is 84.3 cm³/mol. The van der Waals surface area contributed by atoms with Crippen molar-refractivity contribution in [2.24, 2.45) is 0 Å². The molecule has 5 heteroatoms. The van der Waals surface area contributed by atoms with E-state index in [1.807, 2.05) is 0 Å². The highest BCUT2D eigenvalue weighted by Gasteiger charge is 2.22. The van der Waals surface area contributed by atoms with Crippen LogP contribution in [0.5, 0.6) is 0 Å². The molecule has 0 spiro atoms. The van der Waals surface area contributed by atoms with Crippen molar-refractivity contribution in [2.75, 3.05) is 65.6 Å². The molecule has 0 fully saturated rings.